The summed E-state index contributed by atoms with van der Waals surface area (Å²) in [6.07, 6.45) is 3.04. The van der Waals surface area contributed by atoms with Gasteiger partial charge in [-0.05, 0) is 11.1 Å². The van der Waals surface area contributed by atoms with Gasteiger partial charge in [-0.15, -0.1) is 0 Å². The second kappa shape index (κ2) is 6.30. The summed E-state index contributed by atoms with van der Waals surface area (Å²) in [5.74, 6) is -0.0966. The molecule has 0 aromatic heterocycles. The van der Waals surface area contributed by atoms with E-state index in [-0.39, 0.29) is 5.75 Å². The van der Waals surface area contributed by atoms with Gasteiger partial charge in [0, 0.05) is 11.8 Å². The zero-order valence-electron chi connectivity index (χ0n) is 10.9. The molecule has 0 radical (unpaired) electrons. The van der Waals surface area contributed by atoms with Crippen LogP contribution in [0.4, 0.5) is 0 Å². The number of rotatable bonds is 5. The van der Waals surface area contributed by atoms with Crippen molar-refractivity contribution in [1.29, 1.82) is 0 Å². The average molecular weight is 285 g/mol. The molecule has 0 amide bonds. The summed E-state index contributed by atoms with van der Waals surface area (Å²) in [5.41, 5.74) is 2.31. The normalized spacial score (nSPS) is 11.6. The molecule has 20 heavy (non-hydrogen) atoms. The van der Waals surface area contributed by atoms with E-state index in [9.17, 15) is 8.42 Å². The van der Waals surface area contributed by atoms with Crippen LogP contribution in [0, 0.1) is 0 Å². The van der Waals surface area contributed by atoms with Crippen LogP contribution in [0.2, 0.25) is 0 Å². The highest BCUT2D eigenvalue weighted by Gasteiger charge is 2.08. The lowest BCUT2D eigenvalue weighted by Crippen LogP contribution is -2.01. The van der Waals surface area contributed by atoms with Gasteiger partial charge in [-0.1, -0.05) is 67.3 Å². The predicted molar refractivity (Wildman–Crippen MR) is 83.2 cm³/mol. The van der Waals surface area contributed by atoms with Crippen LogP contribution in [-0.4, -0.2) is 14.6 Å². The molecule has 0 saturated heterocycles. The number of nitrogens with zero attached hydrogens (tertiary/aromatic N) is 1. The molecule has 3 nitrogen and oxygen atoms in total. The molecule has 0 unspecified atom stereocenters. The van der Waals surface area contributed by atoms with Crippen molar-refractivity contribution in [3.63, 3.8) is 0 Å². The Bertz CT molecular complexity index is 719. The second-order valence-electron chi connectivity index (χ2n) is 4.28. The van der Waals surface area contributed by atoms with E-state index >= 15 is 0 Å². The van der Waals surface area contributed by atoms with Gasteiger partial charge in [0.25, 0.3) is 10.0 Å². The molecule has 0 fully saturated rings. The molecule has 0 saturated carbocycles. The van der Waals surface area contributed by atoms with Crippen molar-refractivity contribution in [2.24, 2.45) is 4.40 Å². The van der Waals surface area contributed by atoms with Crippen LogP contribution in [0.3, 0.4) is 0 Å². The Hall–Kier alpha value is -2.20. The second-order valence-corrected chi connectivity index (χ2v) is 5.94. The van der Waals surface area contributed by atoms with Gasteiger partial charge in [0.05, 0.1) is 5.75 Å². The quantitative estimate of drug-likeness (QED) is 0.791. The Morgan fingerprint density at radius 1 is 0.950 bits per heavy atom. The van der Waals surface area contributed by atoms with E-state index in [4.69, 9.17) is 0 Å². The average Bonchev–Trinajstić information content (AvgIpc) is 2.46. The first-order valence-corrected chi connectivity index (χ1v) is 7.75. The smallest absolute Gasteiger partial charge is 0.204 e. The summed E-state index contributed by atoms with van der Waals surface area (Å²) in [4.78, 5) is 0. The largest absolute Gasteiger partial charge is 0.257 e. The molecule has 0 N–H and O–H groups in total. The van der Waals surface area contributed by atoms with E-state index in [0.29, 0.717) is 0 Å². The van der Waals surface area contributed by atoms with Crippen LogP contribution in [0.1, 0.15) is 16.7 Å². The van der Waals surface area contributed by atoms with Crippen molar-refractivity contribution >= 4 is 22.3 Å². The van der Waals surface area contributed by atoms with Crippen LogP contribution in [0.25, 0.3) is 6.08 Å². The number of hydrogen-bond donors (Lipinski definition) is 0. The topological polar surface area (TPSA) is 46.5 Å². The van der Waals surface area contributed by atoms with Crippen LogP contribution in [-0.2, 0) is 15.8 Å². The lowest BCUT2D eigenvalue weighted by atomic mass is 10.1. The number of benzene rings is 2. The van der Waals surface area contributed by atoms with Crippen molar-refractivity contribution in [2.45, 2.75) is 5.75 Å². The SMILES string of the molecule is C=Cc1ccccc1C=NS(=O)(=O)Cc1ccccc1. The monoisotopic (exact) mass is 285 g/mol. The molecule has 0 aliphatic rings. The van der Waals surface area contributed by atoms with E-state index in [0.717, 1.165) is 16.7 Å². The molecule has 0 heterocycles. The fourth-order valence-corrected chi connectivity index (χ4v) is 2.74. The molecular weight excluding hydrogens is 270 g/mol. The first-order chi connectivity index (χ1) is 9.61. The molecule has 2 aromatic carbocycles. The highest BCUT2D eigenvalue weighted by atomic mass is 32.2. The van der Waals surface area contributed by atoms with E-state index in [1.165, 1.54) is 6.21 Å². The minimum absolute atomic E-state index is 0.0966. The minimum atomic E-state index is -3.52. The van der Waals surface area contributed by atoms with Gasteiger partial charge in [-0.25, -0.2) is 8.42 Å². The maximum atomic E-state index is 11.9. The molecule has 0 aliphatic carbocycles. The Morgan fingerprint density at radius 2 is 1.55 bits per heavy atom. The maximum Gasteiger partial charge on any atom is 0.257 e. The third-order valence-electron chi connectivity index (χ3n) is 2.76. The first kappa shape index (κ1) is 14.2. The summed E-state index contributed by atoms with van der Waals surface area (Å²) >= 11 is 0. The van der Waals surface area contributed by atoms with Gasteiger partial charge in [0.1, 0.15) is 0 Å². The lowest BCUT2D eigenvalue weighted by Gasteiger charge is -2.01. The zero-order chi connectivity index (χ0) is 14.4. The highest BCUT2D eigenvalue weighted by Crippen LogP contribution is 2.10. The van der Waals surface area contributed by atoms with E-state index in [2.05, 4.69) is 11.0 Å². The Morgan fingerprint density at radius 3 is 2.20 bits per heavy atom. The molecular formula is C16H15NO2S. The number of hydrogen-bond acceptors (Lipinski definition) is 2. The van der Waals surface area contributed by atoms with E-state index in [1.54, 1.807) is 24.3 Å². The molecule has 2 aromatic rings. The summed E-state index contributed by atoms with van der Waals surface area (Å²) in [7, 11) is -3.52. The summed E-state index contributed by atoms with van der Waals surface area (Å²) < 4.78 is 27.6. The van der Waals surface area contributed by atoms with Gasteiger partial charge < -0.3 is 0 Å². The van der Waals surface area contributed by atoms with Crippen molar-refractivity contribution in [3.8, 4) is 0 Å². The zero-order valence-corrected chi connectivity index (χ0v) is 11.8. The third kappa shape index (κ3) is 3.90. The third-order valence-corrected chi connectivity index (χ3v) is 3.88. The fraction of sp³-hybridized carbons (Fsp3) is 0.0625. The summed E-state index contributed by atoms with van der Waals surface area (Å²) in [5, 5.41) is 0. The molecule has 0 aliphatic heterocycles. The molecule has 0 atom stereocenters. The molecule has 102 valence electrons. The summed E-state index contributed by atoms with van der Waals surface area (Å²) in [6.45, 7) is 3.69. The van der Waals surface area contributed by atoms with Gasteiger partial charge in [-0.3, -0.25) is 0 Å². The summed E-state index contributed by atoms with van der Waals surface area (Å²) in [6, 6.07) is 16.4. The van der Waals surface area contributed by atoms with Crippen LogP contribution < -0.4 is 0 Å². The predicted octanol–water partition coefficient (Wildman–Crippen LogP) is 3.28. The minimum Gasteiger partial charge on any atom is -0.204 e. The van der Waals surface area contributed by atoms with Gasteiger partial charge in [0.15, 0.2) is 0 Å². The van der Waals surface area contributed by atoms with Crippen LogP contribution in [0.5, 0.6) is 0 Å². The number of sulfonamides is 1. The van der Waals surface area contributed by atoms with Crippen molar-refractivity contribution in [2.75, 3.05) is 0 Å². The molecule has 0 bridgehead atoms. The lowest BCUT2D eigenvalue weighted by molar-refractivity contribution is 0.597. The van der Waals surface area contributed by atoms with Crippen molar-refractivity contribution < 1.29 is 8.42 Å². The molecule has 0 spiro atoms. The maximum absolute atomic E-state index is 11.9. The molecule has 4 heteroatoms. The van der Waals surface area contributed by atoms with E-state index in [1.807, 2.05) is 36.4 Å². The van der Waals surface area contributed by atoms with Crippen molar-refractivity contribution in [1.82, 2.24) is 0 Å². The van der Waals surface area contributed by atoms with Crippen LogP contribution in [0.15, 0.2) is 65.6 Å². The Labute approximate surface area is 119 Å². The van der Waals surface area contributed by atoms with Gasteiger partial charge >= 0.3 is 0 Å². The van der Waals surface area contributed by atoms with Crippen LogP contribution >= 0.6 is 0 Å². The highest BCUT2D eigenvalue weighted by molar-refractivity contribution is 7.89. The van der Waals surface area contributed by atoms with E-state index < -0.39 is 10.0 Å². The van der Waals surface area contributed by atoms with Gasteiger partial charge in [0.2, 0.25) is 0 Å². The standard InChI is InChI=1S/C16H15NO2S/c1-2-15-10-6-7-11-16(15)12-17-20(18,19)13-14-8-4-3-5-9-14/h2-12H,1,13H2. The molecule has 2 rings (SSSR count). The fourth-order valence-electron chi connectivity index (χ4n) is 1.77. The van der Waals surface area contributed by atoms with Crippen molar-refractivity contribution in [3.05, 3.63) is 77.9 Å². The van der Waals surface area contributed by atoms with Gasteiger partial charge in [-0.2, -0.15) is 4.40 Å². The first-order valence-electron chi connectivity index (χ1n) is 6.14. The Balaban J connectivity index is 2.20. The Kier molecular flexibility index (Phi) is 4.48.